The molecule has 0 aliphatic carbocycles. The first-order valence-corrected chi connectivity index (χ1v) is 5.16. The van der Waals surface area contributed by atoms with Gasteiger partial charge in [0.1, 0.15) is 6.67 Å². The Balaban J connectivity index is 2.15. The molecule has 0 atom stereocenters. The molecule has 1 heterocycles. The summed E-state index contributed by atoms with van der Waals surface area (Å²) >= 11 is 0. The van der Waals surface area contributed by atoms with Crippen molar-refractivity contribution in [3.8, 4) is 0 Å². The van der Waals surface area contributed by atoms with Crippen LogP contribution in [0, 0.1) is 0 Å². The summed E-state index contributed by atoms with van der Waals surface area (Å²) in [4.78, 5) is 2.17. The molecule has 1 fully saturated rings. The average Bonchev–Trinajstić information content (AvgIpc) is 2.08. The smallest absolute Gasteiger partial charge is 0.102 e. The molecule has 0 aromatic heterocycles. The van der Waals surface area contributed by atoms with Crippen LogP contribution in [-0.2, 0) is 4.74 Å². The fourth-order valence-corrected chi connectivity index (χ4v) is 1.77. The van der Waals surface area contributed by atoms with Gasteiger partial charge in [-0.2, -0.15) is 0 Å². The van der Waals surface area contributed by atoms with Crippen molar-refractivity contribution in [2.45, 2.75) is 38.9 Å². The van der Waals surface area contributed by atoms with E-state index in [1.807, 2.05) is 0 Å². The van der Waals surface area contributed by atoms with E-state index in [0.29, 0.717) is 18.8 Å². The predicted octanol–water partition coefficient (Wildman–Crippen LogP) is 1.85. The minimum atomic E-state index is -0.226. The number of likely N-dealkylation sites (tertiary alicyclic amines) is 1. The Bertz CT molecular complexity index is 133. The molecule has 1 saturated heterocycles. The maximum atomic E-state index is 12.0. The molecule has 78 valence electrons. The van der Waals surface area contributed by atoms with Crippen LogP contribution in [0.15, 0.2) is 0 Å². The van der Waals surface area contributed by atoms with Gasteiger partial charge in [-0.25, -0.2) is 4.39 Å². The van der Waals surface area contributed by atoms with Gasteiger partial charge in [-0.3, -0.25) is 0 Å². The highest BCUT2D eigenvalue weighted by molar-refractivity contribution is 4.72. The third-order valence-electron chi connectivity index (χ3n) is 2.40. The normalized spacial score (nSPS) is 21.2. The van der Waals surface area contributed by atoms with Crippen molar-refractivity contribution in [3.05, 3.63) is 0 Å². The lowest BCUT2D eigenvalue weighted by molar-refractivity contribution is -0.0272. The van der Waals surface area contributed by atoms with Gasteiger partial charge < -0.3 is 9.64 Å². The number of ether oxygens (including phenoxy) is 1. The first kappa shape index (κ1) is 10.9. The summed E-state index contributed by atoms with van der Waals surface area (Å²) in [5, 5.41) is 0. The topological polar surface area (TPSA) is 12.5 Å². The van der Waals surface area contributed by atoms with Crippen molar-refractivity contribution in [1.29, 1.82) is 0 Å². The van der Waals surface area contributed by atoms with Crippen molar-refractivity contribution in [3.63, 3.8) is 0 Å². The van der Waals surface area contributed by atoms with Crippen LogP contribution in [0.2, 0.25) is 0 Å². The lowest BCUT2D eigenvalue weighted by atomic mass is 10.1. The van der Waals surface area contributed by atoms with Gasteiger partial charge in [-0.15, -0.1) is 0 Å². The highest BCUT2D eigenvalue weighted by atomic mass is 19.1. The standard InChI is InChI=1S/C10H20FNO/c1-9(2)13-10-3-6-12(7-4-10)8-5-11/h9-10H,3-8H2,1-2H3. The summed E-state index contributed by atoms with van der Waals surface area (Å²) < 4.78 is 17.7. The molecule has 0 amide bonds. The summed E-state index contributed by atoms with van der Waals surface area (Å²) in [6, 6.07) is 0. The molecule has 0 bridgehead atoms. The van der Waals surface area contributed by atoms with Crippen LogP contribution in [-0.4, -0.2) is 43.4 Å². The minimum Gasteiger partial charge on any atom is -0.375 e. The van der Waals surface area contributed by atoms with Gasteiger partial charge in [0.05, 0.1) is 12.2 Å². The third kappa shape index (κ3) is 4.05. The van der Waals surface area contributed by atoms with E-state index < -0.39 is 0 Å². The van der Waals surface area contributed by atoms with E-state index in [2.05, 4.69) is 18.7 Å². The zero-order chi connectivity index (χ0) is 9.68. The van der Waals surface area contributed by atoms with Crippen LogP contribution in [0.3, 0.4) is 0 Å². The van der Waals surface area contributed by atoms with Gasteiger partial charge in [0.15, 0.2) is 0 Å². The summed E-state index contributed by atoms with van der Waals surface area (Å²) in [5.74, 6) is 0. The molecule has 0 spiro atoms. The monoisotopic (exact) mass is 189 g/mol. The van der Waals surface area contributed by atoms with Crippen LogP contribution in [0.5, 0.6) is 0 Å². The Morgan fingerprint density at radius 1 is 1.38 bits per heavy atom. The number of nitrogens with zero attached hydrogens (tertiary/aromatic N) is 1. The van der Waals surface area contributed by atoms with Gasteiger partial charge in [-0.1, -0.05) is 0 Å². The van der Waals surface area contributed by atoms with Crippen LogP contribution >= 0.6 is 0 Å². The average molecular weight is 189 g/mol. The Kier molecular flexibility index (Phi) is 4.67. The molecule has 1 aliphatic heterocycles. The van der Waals surface area contributed by atoms with Gasteiger partial charge in [-0.05, 0) is 26.7 Å². The number of alkyl halides is 1. The zero-order valence-corrected chi connectivity index (χ0v) is 8.63. The van der Waals surface area contributed by atoms with E-state index in [-0.39, 0.29) is 6.67 Å². The number of hydrogen-bond donors (Lipinski definition) is 0. The summed E-state index contributed by atoms with van der Waals surface area (Å²) in [7, 11) is 0. The predicted molar refractivity (Wildman–Crippen MR) is 51.7 cm³/mol. The van der Waals surface area contributed by atoms with Gasteiger partial charge in [0.25, 0.3) is 0 Å². The molecule has 13 heavy (non-hydrogen) atoms. The second kappa shape index (κ2) is 5.55. The number of hydrogen-bond acceptors (Lipinski definition) is 2. The second-order valence-electron chi connectivity index (χ2n) is 3.91. The molecule has 0 N–H and O–H groups in total. The third-order valence-corrected chi connectivity index (χ3v) is 2.40. The Labute approximate surface area is 80.1 Å². The molecule has 3 heteroatoms. The number of rotatable bonds is 4. The van der Waals surface area contributed by atoms with Crippen molar-refractivity contribution >= 4 is 0 Å². The number of piperidine rings is 1. The van der Waals surface area contributed by atoms with Gasteiger partial charge in [0.2, 0.25) is 0 Å². The van der Waals surface area contributed by atoms with Crippen molar-refractivity contribution in [2.24, 2.45) is 0 Å². The van der Waals surface area contributed by atoms with E-state index in [1.165, 1.54) is 0 Å². The molecular weight excluding hydrogens is 169 g/mol. The maximum absolute atomic E-state index is 12.0. The van der Waals surface area contributed by atoms with E-state index in [9.17, 15) is 4.39 Å². The van der Waals surface area contributed by atoms with Crippen molar-refractivity contribution < 1.29 is 9.13 Å². The summed E-state index contributed by atoms with van der Waals surface area (Å²) in [6.45, 7) is 6.47. The molecule has 0 radical (unpaired) electrons. The van der Waals surface area contributed by atoms with Gasteiger partial charge in [0, 0.05) is 19.6 Å². The molecule has 0 unspecified atom stereocenters. The lowest BCUT2D eigenvalue weighted by Crippen LogP contribution is -2.38. The van der Waals surface area contributed by atoms with Crippen LogP contribution in [0.4, 0.5) is 4.39 Å². The largest absolute Gasteiger partial charge is 0.375 e. The van der Waals surface area contributed by atoms with E-state index >= 15 is 0 Å². The molecule has 0 aromatic carbocycles. The summed E-state index contributed by atoms with van der Waals surface area (Å²) in [5.41, 5.74) is 0. The highest BCUT2D eigenvalue weighted by Gasteiger charge is 2.19. The Morgan fingerprint density at radius 3 is 2.46 bits per heavy atom. The molecule has 1 rings (SSSR count). The van der Waals surface area contributed by atoms with Gasteiger partial charge >= 0.3 is 0 Å². The SMILES string of the molecule is CC(C)OC1CCN(CCF)CC1. The van der Waals surface area contributed by atoms with Crippen LogP contribution < -0.4 is 0 Å². The number of halogens is 1. The fourth-order valence-electron chi connectivity index (χ4n) is 1.77. The van der Waals surface area contributed by atoms with Crippen LogP contribution in [0.25, 0.3) is 0 Å². The Morgan fingerprint density at radius 2 is 2.00 bits per heavy atom. The van der Waals surface area contributed by atoms with Crippen molar-refractivity contribution in [1.82, 2.24) is 4.90 Å². The second-order valence-corrected chi connectivity index (χ2v) is 3.91. The Hall–Kier alpha value is -0.150. The fraction of sp³-hybridized carbons (Fsp3) is 1.00. The summed E-state index contributed by atoms with van der Waals surface area (Å²) in [6.07, 6.45) is 2.82. The lowest BCUT2D eigenvalue weighted by Gasteiger charge is -2.32. The van der Waals surface area contributed by atoms with Crippen molar-refractivity contribution in [2.75, 3.05) is 26.3 Å². The molecule has 0 saturated carbocycles. The zero-order valence-electron chi connectivity index (χ0n) is 8.63. The first-order valence-electron chi connectivity index (χ1n) is 5.16. The minimum absolute atomic E-state index is 0.226. The van der Waals surface area contributed by atoms with E-state index in [1.54, 1.807) is 0 Å². The van der Waals surface area contributed by atoms with E-state index in [0.717, 1.165) is 25.9 Å². The molecular formula is C10H20FNO. The first-order chi connectivity index (χ1) is 6.22. The molecule has 1 aliphatic rings. The quantitative estimate of drug-likeness (QED) is 0.669. The van der Waals surface area contributed by atoms with E-state index in [4.69, 9.17) is 4.74 Å². The maximum Gasteiger partial charge on any atom is 0.102 e. The molecule has 0 aromatic rings. The highest BCUT2D eigenvalue weighted by Crippen LogP contribution is 2.14. The van der Waals surface area contributed by atoms with Crippen LogP contribution in [0.1, 0.15) is 26.7 Å². The molecule has 2 nitrogen and oxygen atoms in total.